The third-order valence-electron chi connectivity index (χ3n) is 4.41. The third-order valence-corrected chi connectivity index (χ3v) is 4.41. The average molecular weight is 267 g/mol. The fraction of sp³-hybridized carbons (Fsp3) is 0.333. The van der Waals surface area contributed by atoms with Crippen molar-refractivity contribution in [1.29, 1.82) is 0 Å². The lowest BCUT2D eigenvalue weighted by Crippen LogP contribution is -2.36. The molecule has 104 valence electrons. The minimum absolute atomic E-state index is 0.336. The van der Waals surface area contributed by atoms with Crippen molar-refractivity contribution in [1.82, 2.24) is 5.32 Å². The zero-order valence-electron chi connectivity index (χ0n) is 11.8. The summed E-state index contributed by atoms with van der Waals surface area (Å²) >= 11 is 0. The normalized spacial score (nSPS) is 16.1. The Hall–Kier alpha value is -1.80. The molecule has 3 rings (SSSR count). The number of hydrogen-bond acceptors (Lipinski definition) is 2. The molecule has 1 aliphatic rings. The van der Waals surface area contributed by atoms with Gasteiger partial charge in [0.15, 0.2) is 0 Å². The van der Waals surface area contributed by atoms with E-state index in [9.17, 15) is 5.11 Å². The Bertz CT molecular complexity index is 551. The van der Waals surface area contributed by atoms with Crippen molar-refractivity contribution in [3.63, 3.8) is 0 Å². The molecule has 0 bridgehead atoms. The van der Waals surface area contributed by atoms with E-state index in [1.807, 2.05) is 19.2 Å². The Kier molecular flexibility index (Phi) is 3.75. The molecule has 0 fully saturated rings. The van der Waals surface area contributed by atoms with Crippen LogP contribution in [0.2, 0.25) is 0 Å². The van der Waals surface area contributed by atoms with Crippen LogP contribution in [-0.4, -0.2) is 18.2 Å². The van der Waals surface area contributed by atoms with Crippen LogP contribution in [0.25, 0.3) is 0 Å². The van der Waals surface area contributed by atoms with Crippen LogP contribution in [0, 0.1) is 5.92 Å². The predicted molar refractivity (Wildman–Crippen MR) is 82.0 cm³/mol. The minimum atomic E-state index is 0.336. The molecule has 0 aromatic heterocycles. The first-order valence-corrected chi connectivity index (χ1v) is 7.28. The van der Waals surface area contributed by atoms with Crippen LogP contribution in [0.4, 0.5) is 0 Å². The van der Waals surface area contributed by atoms with Crippen LogP contribution in [0.3, 0.4) is 0 Å². The number of phenols is 1. The SMILES string of the molecule is CNC(Cc1ccc(O)cc1)C1Cc2ccccc2C1. The van der Waals surface area contributed by atoms with E-state index >= 15 is 0 Å². The molecule has 0 amide bonds. The molecule has 2 aromatic carbocycles. The number of phenolic OH excluding ortho intramolecular Hbond substituents is 1. The molecule has 2 aromatic rings. The van der Waals surface area contributed by atoms with Crippen LogP contribution in [0.1, 0.15) is 16.7 Å². The van der Waals surface area contributed by atoms with Gasteiger partial charge < -0.3 is 10.4 Å². The molecular formula is C18H21NO. The Labute approximate surface area is 120 Å². The molecule has 2 N–H and O–H groups in total. The molecule has 20 heavy (non-hydrogen) atoms. The van der Waals surface area contributed by atoms with E-state index in [2.05, 4.69) is 29.6 Å². The summed E-state index contributed by atoms with van der Waals surface area (Å²) in [5.41, 5.74) is 4.28. The lowest BCUT2D eigenvalue weighted by Gasteiger charge is -2.23. The van der Waals surface area contributed by atoms with E-state index in [0.717, 1.165) is 6.42 Å². The number of rotatable bonds is 4. The highest BCUT2D eigenvalue weighted by atomic mass is 16.3. The molecule has 2 heteroatoms. The van der Waals surface area contributed by atoms with Gasteiger partial charge in [-0.1, -0.05) is 36.4 Å². The van der Waals surface area contributed by atoms with Crippen molar-refractivity contribution < 1.29 is 5.11 Å². The number of nitrogens with one attached hydrogen (secondary N) is 1. The van der Waals surface area contributed by atoms with Gasteiger partial charge in [0.2, 0.25) is 0 Å². The second-order valence-corrected chi connectivity index (χ2v) is 5.70. The molecule has 0 saturated carbocycles. The van der Waals surface area contributed by atoms with Gasteiger partial charge >= 0.3 is 0 Å². The van der Waals surface area contributed by atoms with Gasteiger partial charge in [-0.2, -0.15) is 0 Å². The van der Waals surface area contributed by atoms with Crippen molar-refractivity contribution in [2.24, 2.45) is 5.92 Å². The number of fused-ring (bicyclic) bond motifs is 1. The quantitative estimate of drug-likeness (QED) is 0.892. The highest BCUT2D eigenvalue weighted by molar-refractivity contribution is 5.33. The van der Waals surface area contributed by atoms with Gasteiger partial charge in [-0.05, 0) is 61.1 Å². The van der Waals surface area contributed by atoms with Gasteiger partial charge in [-0.15, -0.1) is 0 Å². The summed E-state index contributed by atoms with van der Waals surface area (Å²) in [5, 5.41) is 12.8. The summed E-state index contributed by atoms with van der Waals surface area (Å²) in [5.74, 6) is 0.995. The van der Waals surface area contributed by atoms with E-state index in [-0.39, 0.29) is 0 Å². The monoisotopic (exact) mass is 267 g/mol. The first kappa shape index (κ1) is 13.2. The summed E-state index contributed by atoms with van der Waals surface area (Å²) < 4.78 is 0. The molecule has 0 aliphatic heterocycles. The molecule has 1 unspecified atom stereocenters. The van der Waals surface area contributed by atoms with Crippen molar-refractivity contribution in [2.45, 2.75) is 25.3 Å². The largest absolute Gasteiger partial charge is 0.508 e. The molecular weight excluding hydrogens is 246 g/mol. The van der Waals surface area contributed by atoms with Gasteiger partial charge in [0, 0.05) is 6.04 Å². The Balaban J connectivity index is 1.71. The molecule has 0 spiro atoms. The summed E-state index contributed by atoms with van der Waals surface area (Å²) in [7, 11) is 2.05. The lowest BCUT2D eigenvalue weighted by molar-refractivity contribution is 0.383. The molecule has 1 aliphatic carbocycles. The van der Waals surface area contributed by atoms with E-state index < -0.39 is 0 Å². The highest BCUT2D eigenvalue weighted by Crippen LogP contribution is 2.29. The zero-order valence-corrected chi connectivity index (χ0v) is 11.8. The van der Waals surface area contributed by atoms with Gasteiger partial charge in [0.25, 0.3) is 0 Å². The molecule has 1 atom stereocenters. The van der Waals surface area contributed by atoms with Crippen molar-refractivity contribution in [2.75, 3.05) is 7.05 Å². The van der Waals surface area contributed by atoms with E-state index in [4.69, 9.17) is 0 Å². The summed E-state index contributed by atoms with van der Waals surface area (Å²) in [6.45, 7) is 0. The highest BCUT2D eigenvalue weighted by Gasteiger charge is 2.27. The Morgan fingerprint density at radius 2 is 1.65 bits per heavy atom. The summed E-state index contributed by atoms with van der Waals surface area (Å²) in [6, 6.07) is 16.8. The molecule has 0 radical (unpaired) electrons. The third kappa shape index (κ3) is 2.70. The Morgan fingerprint density at radius 3 is 2.20 bits per heavy atom. The van der Waals surface area contributed by atoms with E-state index in [1.54, 1.807) is 12.1 Å². The van der Waals surface area contributed by atoms with Crippen molar-refractivity contribution in [3.8, 4) is 5.75 Å². The number of hydrogen-bond donors (Lipinski definition) is 2. The number of benzene rings is 2. The lowest BCUT2D eigenvalue weighted by atomic mass is 9.91. The Morgan fingerprint density at radius 1 is 1.05 bits per heavy atom. The van der Waals surface area contributed by atoms with E-state index in [0.29, 0.717) is 17.7 Å². The first-order valence-electron chi connectivity index (χ1n) is 7.28. The van der Waals surface area contributed by atoms with Crippen molar-refractivity contribution in [3.05, 3.63) is 65.2 Å². The van der Waals surface area contributed by atoms with Gasteiger partial charge in [0.05, 0.1) is 0 Å². The van der Waals surface area contributed by atoms with E-state index in [1.165, 1.54) is 29.5 Å². The number of aromatic hydroxyl groups is 1. The first-order chi connectivity index (χ1) is 9.76. The average Bonchev–Trinajstić information content (AvgIpc) is 2.90. The van der Waals surface area contributed by atoms with Crippen LogP contribution in [-0.2, 0) is 19.3 Å². The smallest absolute Gasteiger partial charge is 0.115 e. The summed E-state index contributed by atoms with van der Waals surface area (Å²) in [4.78, 5) is 0. The molecule has 2 nitrogen and oxygen atoms in total. The molecule has 0 heterocycles. The maximum Gasteiger partial charge on any atom is 0.115 e. The van der Waals surface area contributed by atoms with Crippen LogP contribution < -0.4 is 5.32 Å². The second kappa shape index (κ2) is 5.68. The number of likely N-dealkylation sites (N-methyl/N-ethyl adjacent to an activating group) is 1. The fourth-order valence-electron chi connectivity index (χ4n) is 3.27. The van der Waals surface area contributed by atoms with Crippen LogP contribution in [0.5, 0.6) is 5.75 Å². The predicted octanol–water partition coefficient (Wildman–Crippen LogP) is 2.94. The molecule has 0 saturated heterocycles. The van der Waals surface area contributed by atoms with Crippen LogP contribution in [0.15, 0.2) is 48.5 Å². The minimum Gasteiger partial charge on any atom is -0.508 e. The topological polar surface area (TPSA) is 32.3 Å². The van der Waals surface area contributed by atoms with Gasteiger partial charge in [-0.3, -0.25) is 0 Å². The maximum absolute atomic E-state index is 9.36. The fourth-order valence-corrected chi connectivity index (χ4v) is 3.27. The standard InChI is InChI=1S/C18H21NO/c1-19-18(10-13-6-8-17(20)9-7-13)16-11-14-4-2-3-5-15(14)12-16/h2-9,16,18-20H,10-12H2,1H3. The van der Waals surface area contributed by atoms with Gasteiger partial charge in [-0.25, -0.2) is 0 Å². The summed E-state index contributed by atoms with van der Waals surface area (Å²) in [6.07, 6.45) is 3.34. The maximum atomic E-state index is 9.36. The van der Waals surface area contributed by atoms with Crippen LogP contribution >= 0.6 is 0 Å². The van der Waals surface area contributed by atoms with Gasteiger partial charge in [0.1, 0.15) is 5.75 Å². The zero-order chi connectivity index (χ0) is 13.9. The van der Waals surface area contributed by atoms with Crippen molar-refractivity contribution >= 4 is 0 Å². The second-order valence-electron chi connectivity index (χ2n) is 5.70.